The molecule has 0 saturated carbocycles. The minimum Gasteiger partial charge on any atom is -0.481 e. The lowest BCUT2D eigenvalue weighted by molar-refractivity contribution is 0.00613. The molecular formula is C33H32N2O2. The molecule has 3 atom stereocenters. The molecule has 37 heavy (non-hydrogen) atoms. The Balaban J connectivity index is 1.82. The summed E-state index contributed by atoms with van der Waals surface area (Å²) >= 11 is 0. The van der Waals surface area contributed by atoms with Crippen molar-refractivity contribution < 1.29 is 9.84 Å². The van der Waals surface area contributed by atoms with Crippen LogP contribution in [0.1, 0.15) is 36.0 Å². The van der Waals surface area contributed by atoms with Crippen LogP contribution in [0, 0.1) is 0 Å². The van der Waals surface area contributed by atoms with Gasteiger partial charge in [0.2, 0.25) is 5.88 Å². The van der Waals surface area contributed by atoms with Crippen molar-refractivity contribution in [2.45, 2.75) is 30.9 Å². The van der Waals surface area contributed by atoms with E-state index in [0.29, 0.717) is 12.3 Å². The van der Waals surface area contributed by atoms with Gasteiger partial charge in [0.25, 0.3) is 0 Å². The predicted octanol–water partition coefficient (Wildman–Crippen LogP) is 6.67. The highest BCUT2D eigenvalue weighted by atomic mass is 16.5. The number of hydrogen-bond donors (Lipinski definition) is 2. The monoisotopic (exact) mass is 488 g/mol. The minimum absolute atomic E-state index is 0.258. The molecule has 0 radical (unpaired) electrons. The van der Waals surface area contributed by atoms with Crippen LogP contribution in [0.4, 0.5) is 0 Å². The molecule has 0 aliphatic carbocycles. The van der Waals surface area contributed by atoms with E-state index in [1.807, 2.05) is 73.8 Å². The fourth-order valence-corrected chi connectivity index (χ4v) is 5.47. The fourth-order valence-electron chi connectivity index (χ4n) is 5.47. The molecule has 0 saturated heterocycles. The van der Waals surface area contributed by atoms with E-state index < -0.39 is 11.5 Å². The van der Waals surface area contributed by atoms with E-state index in [-0.39, 0.29) is 6.04 Å². The van der Waals surface area contributed by atoms with E-state index in [2.05, 4.69) is 48.5 Å². The number of ether oxygens (including phenoxy) is 1. The molecule has 1 aromatic heterocycles. The van der Waals surface area contributed by atoms with E-state index in [9.17, 15) is 5.11 Å². The van der Waals surface area contributed by atoms with Gasteiger partial charge in [-0.15, -0.1) is 0 Å². The van der Waals surface area contributed by atoms with Crippen molar-refractivity contribution in [3.05, 3.63) is 132 Å². The Kier molecular flexibility index (Phi) is 7.04. The third kappa shape index (κ3) is 4.86. The van der Waals surface area contributed by atoms with Crippen molar-refractivity contribution in [2.75, 3.05) is 7.11 Å². The van der Waals surface area contributed by atoms with Gasteiger partial charge in [-0.1, -0.05) is 103 Å². The molecule has 4 nitrogen and oxygen atoms in total. The summed E-state index contributed by atoms with van der Waals surface area (Å²) < 4.78 is 5.81. The van der Waals surface area contributed by atoms with Gasteiger partial charge in [-0.3, -0.25) is 0 Å². The summed E-state index contributed by atoms with van der Waals surface area (Å²) in [4.78, 5) is 4.70. The summed E-state index contributed by atoms with van der Waals surface area (Å²) in [6.07, 6.45) is 2.17. The van der Waals surface area contributed by atoms with Crippen LogP contribution in [-0.4, -0.2) is 23.2 Å². The Bertz CT molecular complexity index is 1480. The van der Waals surface area contributed by atoms with E-state index in [4.69, 9.17) is 15.5 Å². The Labute approximate surface area is 218 Å². The zero-order chi connectivity index (χ0) is 25.8. The van der Waals surface area contributed by atoms with Gasteiger partial charge in [-0.2, -0.15) is 0 Å². The maximum Gasteiger partial charge on any atom is 0.217 e. The maximum atomic E-state index is 12.9. The lowest BCUT2D eigenvalue weighted by Gasteiger charge is -2.40. The van der Waals surface area contributed by atoms with E-state index >= 15 is 0 Å². The summed E-state index contributed by atoms with van der Waals surface area (Å²) in [7, 11) is 1.62. The Morgan fingerprint density at radius 2 is 1.49 bits per heavy atom. The molecule has 0 bridgehead atoms. The Morgan fingerprint density at radius 3 is 2.19 bits per heavy atom. The summed E-state index contributed by atoms with van der Waals surface area (Å²) in [5.41, 5.74) is 9.71. The fraction of sp³-hybridized carbons (Fsp3) is 0.182. The third-order valence-corrected chi connectivity index (χ3v) is 6.99. The molecule has 0 fully saturated rings. The number of benzene rings is 4. The predicted molar refractivity (Wildman–Crippen MR) is 151 cm³/mol. The van der Waals surface area contributed by atoms with Crippen molar-refractivity contribution in [3.8, 4) is 17.0 Å². The first-order valence-corrected chi connectivity index (χ1v) is 12.6. The van der Waals surface area contributed by atoms with Crippen LogP contribution in [0.3, 0.4) is 0 Å². The zero-order valence-corrected chi connectivity index (χ0v) is 21.2. The molecule has 186 valence electrons. The first-order valence-electron chi connectivity index (χ1n) is 12.6. The summed E-state index contributed by atoms with van der Waals surface area (Å²) in [5.74, 6) is -0.00603. The van der Waals surface area contributed by atoms with Crippen molar-refractivity contribution in [1.29, 1.82) is 0 Å². The topological polar surface area (TPSA) is 68.4 Å². The van der Waals surface area contributed by atoms with Crippen LogP contribution >= 0.6 is 0 Å². The Morgan fingerprint density at radius 1 is 0.838 bits per heavy atom. The van der Waals surface area contributed by atoms with Crippen molar-refractivity contribution >= 4 is 10.8 Å². The first kappa shape index (κ1) is 24.7. The van der Waals surface area contributed by atoms with Crippen LogP contribution in [0.5, 0.6) is 5.88 Å². The number of nitrogens with zero attached hydrogens (tertiary/aromatic N) is 1. The van der Waals surface area contributed by atoms with Crippen LogP contribution in [-0.2, 0) is 5.60 Å². The molecule has 5 rings (SSSR count). The van der Waals surface area contributed by atoms with Gasteiger partial charge >= 0.3 is 0 Å². The Hall–Kier alpha value is -3.99. The van der Waals surface area contributed by atoms with Gasteiger partial charge in [0.05, 0.1) is 7.11 Å². The van der Waals surface area contributed by atoms with Gasteiger partial charge in [0.1, 0.15) is 5.60 Å². The number of aliphatic hydroxyl groups is 1. The molecule has 1 heterocycles. The molecule has 0 aliphatic rings. The number of fused-ring (bicyclic) bond motifs is 1. The zero-order valence-electron chi connectivity index (χ0n) is 21.2. The van der Waals surface area contributed by atoms with Crippen LogP contribution in [0.25, 0.3) is 21.9 Å². The number of rotatable bonds is 8. The number of hydrogen-bond acceptors (Lipinski definition) is 4. The van der Waals surface area contributed by atoms with Gasteiger partial charge in [0, 0.05) is 29.3 Å². The minimum atomic E-state index is -1.35. The van der Waals surface area contributed by atoms with Crippen LogP contribution < -0.4 is 10.5 Å². The standard InChI is InChI=1S/C33H32N2O2/c1-23(34)21-33(36,30-19-11-17-25-14-9-10-18-28(25)30)31(26-15-7-4-8-16-26)29-20-27(22-35-32(29)37-2)24-12-5-3-6-13-24/h3-20,22-23,31,36H,21,34H2,1-2H3. The summed E-state index contributed by atoms with van der Waals surface area (Å²) in [5, 5.41) is 15.0. The second kappa shape index (κ2) is 10.6. The molecule has 0 spiro atoms. The van der Waals surface area contributed by atoms with Crippen molar-refractivity contribution in [1.82, 2.24) is 4.98 Å². The largest absolute Gasteiger partial charge is 0.481 e. The molecule has 3 N–H and O–H groups in total. The van der Waals surface area contributed by atoms with E-state index in [1.165, 1.54) is 0 Å². The maximum absolute atomic E-state index is 12.9. The lowest BCUT2D eigenvalue weighted by Crippen LogP contribution is -2.40. The first-order chi connectivity index (χ1) is 18.0. The molecule has 0 aliphatic heterocycles. The molecule has 0 amide bonds. The van der Waals surface area contributed by atoms with Crippen molar-refractivity contribution in [2.24, 2.45) is 5.73 Å². The normalized spacial score (nSPS) is 14.6. The summed E-state index contributed by atoms with van der Waals surface area (Å²) in [6, 6.07) is 36.3. The number of aromatic nitrogens is 1. The highest BCUT2D eigenvalue weighted by Gasteiger charge is 2.43. The second-order valence-corrected chi connectivity index (χ2v) is 9.66. The smallest absolute Gasteiger partial charge is 0.217 e. The lowest BCUT2D eigenvalue weighted by atomic mass is 9.69. The van der Waals surface area contributed by atoms with Crippen molar-refractivity contribution in [3.63, 3.8) is 0 Å². The van der Waals surface area contributed by atoms with E-state index in [0.717, 1.165) is 38.6 Å². The number of pyridine rings is 1. The van der Waals surface area contributed by atoms with Gasteiger partial charge in [-0.05, 0) is 46.9 Å². The highest BCUT2D eigenvalue weighted by Crippen LogP contribution is 2.49. The van der Waals surface area contributed by atoms with Crippen LogP contribution in [0.2, 0.25) is 0 Å². The number of nitrogens with two attached hydrogens (primary N) is 1. The molecular weight excluding hydrogens is 456 g/mol. The average molecular weight is 489 g/mol. The van der Waals surface area contributed by atoms with Crippen LogP contribution in [0.15, 0.2) is 115 Å². The number of methoxy groups -OCH3 is 1. The third-order valence-electron chi connectivity index (χ3n) is 6.99. The SMILES string of the molecule is COc1ncc(-c2ccccc2)cc1C(c1ccccc1)C(O)(CC(C)N)c1cccc2ccccc12. The molecule has 4 heteroatoms. The van der Waals surface area contributed by atoms with Gasteiger partial charge in [0.15, 0.2) is 0 Å². The highest BCUT2D eigenvalue weighted by molar-refractivity contribution is 5.86. The van der Waals surface area contributed by atoms with Gasteiger partial charge < -0.3 is 15.6 Å². The summed E-state index contributed by atoms with van der Waals surface area (Å²) in [6.45, 7) is 1.94. The van der Waals surface area contributed by atoms with Gasteiger partial charge in [-0.25, -0.2) is 4.98 Å². The molecule has 4 aromatic carbocycles. The second-order valence-electron chi connectivity index (χ2n) is 9.66. The average Bonchev–Trinajstić information content (AvgIpc) is 2.93. The van der Waals surface area contributed by atoms with E-state index in [1.54, 1.807) is 7.11 Å². The quantitative estimate of drug-likeness (QED) is 0.256. The molecule has 5 aromatic rings. The molecule has 3 unspecified atom stereocenters.